The first-order valence-corrected chi connectivity index (χ1v) is 9.54. The van der Waals surface area contributed by atoms with Crippen LogP contribution in [0.25, 0.3) is 0 Å². The predicted octanol–water partition coefficient (Wildman–Crippen LogP) is 2.88. The topological polar surface area (TPSA) is 101 Å². The minimum Gasteiger partial charge on any atom is -0.383 e. The second-order valence-electron chi connectivity index (χ2n) is 6.53. The van der Waals surface area contributed by atoms with Gasteiger partial charge in [0.2, 0.25) is 0 Å². The maximum Gasteiger partial charge on any atom is 0.330 e. The number of nitrogens with one attached hydrogen (secondary N) is 1. The van der Waals surface area contributed by atoms with Crippen LogP contribution in [0.5, 0.6) is 0 Å². The van der Waals surface area contributed by atoms with Gasteiger partial charge >= 0.3 is 5.69 Å². The van der Waals surface area contributed by atoms with Crippen LogP contribution in [0.1, 0.15) is 29.3 Å². The zero-order chi connectivity index (χ0) is 21.0. The summed E-state index contributed by atoms with van der Waals surface area (Å²) in [5.74, 6) is -0.483. The minimum atomic E-state index is -0.708. The molecule has 0 unspecified atom stereocenters. The van der Waals surface area contributed by atoms with E-state index in [1.807, 2.05) is 37.3 Å². The molecule has 7 nitrogen and oxygen atoms in total. The summed E-state index contributed by atoms with van der Waals surface area (Å²) in [6, 6.07) is 15.7. The lowest BCUT2D eigenvalue weighted by Crippen LogP contribution is -2.41. The number of nitrogens with two attached hydrogens (primary N) is 1. The lowest BCUT2D eigenvalue weighted by atomic mass is 10.1. The second-order valence-corrected chi connectivity index (χ2v) is 6.97. The Bertz CT molecular complexity index is 1140. The van der Waals surface area contributed by atoms with Crippen LogP contribution in [0.2, 0.25) is 5.02 Å². The van der Waals surface area contributed by atoms with E-state index in [1.54, 1.807) is 18.2 Å². The van der Waals surface area contributed by atoms with Crippen molar-refractivity contribution in [2.75, 3.05) is 17.2 Å². The van der Waals surface area contributed by atoms with Crippen molar-refractivity contribution in [3.05, 3.63) is 91.6 Å². The average molecular weight is 413 g/mol. The van der Waals surface area contributed by atoms with Gasteiger partial charge in [-0.15, -0.1) is 0 Å². The summed E-state index contributed by atoms with van der Waals surface area (Å²) in [7, 11) is 0. The Balaban J connectivity index is 2.11. The number of benzene rings is 2. The summed E-state index contributed by atoms with van der Waals surface area (Å²) >= 11 is 6.01. The number of nitrogens with zero attached hydrogens (tertiary/aromatic N) is 2. The van der Waals surface area contributed by atoms with Gasteiger partial charge in [0.1, 0.15) is 5.82 Å². The van der Waals surface area contributed by atoms with Gasteiger partial charge in [0, 0.05) is 17.1 Å². The number of H-pyrrole nitrogens is 1. The number of hydrogen-bond donors (Lipinski definition) is 2. The lowest BCUT2D eigenvalue weighted by Gasteiger charge is -2.24. The number of anilines is 2. The van der Waals surface area contributed by atoms with Crippen LogP contribution in [-0.4, -0.2) is 22.0 Å². The fraction of sp³-hybridized carbons (Fsp3) is 0.190. The molecule has 29 heavy (non-hydrogen) atoms. The van der Waals surface area contributed by atoms with Crippen LogP contribution in [0.4, 0.5) is 11.5 Å². The highest BCUT2D eigenvalue weighted by Crippen LogP contribution is 2.21. The Morgan fingerprint density at radius 2 is 1.86 bits per heavy atom. The van der Waals surface area contributed by atoms with Crippen molar-refractivity contribution < 1.29 is 4.79 Å². The molecule has 0 bridgehead atoms. The van der Waals surface area contributed by atoms with E-state index in [1.165, 1.54) is 15.5 Å². The summed E-state index contributed by atoms with van der Waals surface area (Å²) < 4.78 is 1.25. The van der Waals surface area contributed by atoms with Gasteiger partial charge < -0.3 is 10.6 Å². The smallest absolute Gasteiger partial charge is 0.330 e. The molecule has 0 saturated heterocycles. The van der Waals surface area contributed by atoms with Gasteiger partial charge in [-0.2, -0.15) is 0 Å². The van der Waals surface area contributed by atoms with Gasteiger partial charge in [0.25, 0.3) is 11.5 Å². The molecule has 0 atom stereocenters. The molecule has 3 rings (SSSR count). The van der Waals surface area contributed by atoms with Crippen LogP contribution >= 0.6 is 11.6 Å². The highest BCUT2D eigenvalue weighted by atomic mass is 35.5. The Kier molecular flexibility index (Phi) is 6.19. The molecule has 0 aliphatic rings. The Morgan fingerprint density at radius 3 is 2.52 bits per heavy atom. The third kappa shape index (κ3) is 4.41. The molecule has 0 radical (unpaired) electrons. The van der Waals surface area contributed by atoms with E-state index in [4.69, 9.17) is 17.3 Å². The summed E-state index contributed by atoms with van der Waals surface area (Å²) in [4.78, 5) is 41.7. The molecule has 0 fully saturated rings. The third-order valence-electron chi connectivity index (χ3n) is 4.43. The second kappa shape index (κ2) is 8.79. The molecule has 0 aliphatic carbocycles. The molecular weight excluding hydrogens is 392 g/mol. The molecular formula is C21H21ClN4O3. The van der Waals surface area contributed by atoms with Crippen molar-refractivity contribution in [1.82, 2.24) is 9.55 Å². The molecule has 0 saturated carbocycles. The molecule has 3 aromatic rings. The predicted molar refractivity (Wildman–Crippen MR) is 115 cm³/mol. The lowest BCUT2D eigenvalue weighted by molar-refractivity contribution is 0.0986. The average Bonchev–Trinajstić information content (AvgIpc) is 2.70. The van der Waals surface area contributed by atoms with Crippen LogP contribution in [0.3, 0.4) is 0 Å². The molecule has 1 heterocycles. The van der Waals surface area contributed by atoms with Crippen LogP contribution in [-0.2, 0) is 6.54 Å². The molecule has 150 valence electrons. The highest BCUT2D eigenvalue weighted by molar-refractivity contribution is 6.31. The van der Waals surface area contributed by atoms with E-state index < -0.39 is 17.2 Å². The van der Waals surface area contributed by atoms with Crippen LogP contribution in [0.15, 0.2) is 64.2 Å². The van der Waals surface area contributed by atoms with Crippen LogP contribution in [0, 0.1) is 0 Å². The summed E-state index contributed by atoms with van der Waals surface area (Å²) in [5, 5.41) is 0.406. The number of aromatic amines is 1. The largest absolute Gasteiger partial charge is 0.383 e. The highest BCUT2D eigenvalue weighted by Gasteiger charge is 2.25. The summed E-state index contributed by atoms with van der Waals surface area (Å²) in [6.45, 7) is 2.30. The zero-order valence-corrected chi connectivity index (χ0v) is 16.6. The van der Waals surface area contributed by atoms with E-state index in [0.29, 0.717) is 17.0 Å². The molecule has 0 aliphatic heterocycles. The number of aromatic nitrogens is 2. The molecule has 1 amide bonds. The van der Waals surface area contributed by atoms with E-state index in [0.717, 1.165) is 5.56 Å². The maximum absolute atomic E-state index is 13.1. The molecule has 0 spiro atoms. The normalized spacial score (nSPS) is 10.7. The third-order valence-corrected chi connectivity index (χ3v) is 4.67. The fourth-order valence-electron chi connectivity index (χ4n) is 3.08. The number of halogens is 1. The van der Waals surface area contributed by atoms with Gasteiger partial charge in [-0.05, 0) is 30.2 Å². The van der Waals surface area contributed by atoms with E-state index in [-0.39, 0.29) is 24.6 Å². The van der Waals surface area contributed by atoms with Gasteiger partial charge in [-0.1, -0.05) is 54.9 Å². The molecule has 8 heteroatoms. The van der Waals surface area contributed by atoms with E-state index in [9.17, 15) is 14.4 Å². The van der Waals surface area contributed by atoms with Crippen molar-refractivity contribution in [3.8, 4) is 0 Å². The first kappa shape index (κ1) is 20.4. The SMILES string of the molecule is CCCN(C(=O)c1cccc(Cl)c1)c1c(N)n(Cc2ccccc2)c(=O)[nH]c1=O. The van der Waals surface area contributed by atoms with Crippen molar-refractivity contribution in [2.24, 2.45) is 0 Å². The number of carbonyl (C=O) groups excluding carboxylic acids is 1. The van der Waals surface area contributed by atoms with Crippen molar-refractivity contribution in [2.45, 2.75) is 19.9 Å². The maximum atomic E-state index is 13.1. The molecule has 1 aromatic heterocycles. The van der Waals surface area contributed by atoms with E-state index >= 15 is 0 Å². The summed E-state index contributed by atoms with van der Waals surface area (Å²) in [6.07, 6.45) is 0.586. The summed E-state index contributed by atoms with van der Waals surface area (Å²) in [5.41, 5.74) is 6.00. The number of carbonyl (C=O) groups is 1. The molecule has 3 N–H and O–H groups in total. The Labute approximate surface area is 172 Å². The van der Waals surface area contributed by atoms with Crippen molar-refractivity contribution >= 4 is 29.0 Å². The van der Waals surface area contributed by atoms with E-state index in [2.05, 4.69) is 4.98 Å². The van der Waals surface area contributed by atoms with Gasteiger partial charge in [-0.3, -0.25) is 19.1 Å². The quantitative estimate of drug-likeness (QED) is 0.649. The fourth-order valence-corrected chi connectivity index (χ4v) is 3.27. The monoisotopic (exact) mass is 412 g/mol. The van der Waals surface area contributed by atoms with Gasteiger partial charge in [0.15, 0.2) is 5.69 Å². The van der Waals surface area contributed by atoms with Gasteiger partial charge in [0.05, 0.1) is 6.54 Å². The zero-order valence-electron chi connectivity index (χ0n) is 15.9. The standard InChI is InChI=1S/C21H21ClN4O3/c1-2-11-25(20(28)15-9-6-10-16(22)12-15)17-18(23)26(21(29)24-19(17)27)13-14-7-4-3-5-8-14/h3-10,12H,2,11,13,23H2,1H3,(H,24,27,29). The number of hydrogen-bond acceptors (Lipinski definition) is 4. The van der Waals surface area contributed by atoms with Gasteiger partial charge in [-0.25, -0.2) is 4.79 Å². The number of nitrogen functional groups attached to an aromatic ring is 1. The Morgan fingerprint density at radius 1 is 1.14 bits per heavy atom. The number of amides is 1. The van der Waals surface area contributed by atoms with Crippen LogP contribution < -0.4 is 21.9 Å². The first-order chi connectivity index (χ1) is 13.9. The molecule has 2 aromatic carbocycles. The van der Waals surface area contributed by atoms with Crippen molar-refractivity contribution in [1.29, 1.82) is 0 Å². The Hall–Kier alpha value is -3.32. The first-order valence-electron chi connectivity index (χ1n) is 9.16. The van der Waals surface area contributed by atoms with Crippen molar-refractivity contribution in [3.63, 3.8) is 0 Å². The minimum absolute atomic E-state index is 0.0487. The number of rotatable bonds is 6.